The van der Waals surface area contributed by atoms with Gasteiger partial charge >= 0.3 is 0 Å². The van der Waals surface area contributed by atoms with Crippen molar-refractivity contribution in [2.75, 3.05) is 16.8 Å². The second kappa shape index (κ2) is 8.33. The maximum absolute atomic E-state index is 13.1. The van der Waals surface area contributed by atoms with Crippen LogP contribution in [0, 0.1) is 17.1 Å². The average molecular weight is 424 g/mol. The number of hydrogen-bond donors (Lipinski definition) is 1. The molecule has 30 heavy (non-hydrogen) atoms. The van der Waals surface area contributed by atoms with E-state index in [0.717, 1.165) is 23.4 Å². The molecule has 0 saturated heterocycles. The third kappa shape index (κ3) is 4.24. The molecule has 0 spiro atoms. The molecule has 0 aromatic heterocycles. The highest BCUT2D eigenvalue weighted by atomic mass is 35.5. The second-order valence-electron chi connectivity index (χ2n) is 7.75. The van der Waals surface area contributed by atoms with Crippen LogP contribution in [0.1, 0.15) is 38.8 Å². The van der Waals surface area contributed by atoms with Gasteiger partial charge in [0.15, 0.2) is 0 Å². The highest BCUT2D eigenvalue weighted by Gasteiger charge is 2.30. The fraction of sp³-hybridized carbons (Fsp3) is 0.250. The third-order valence-corrected chi connectivity index (χ3v) is 5.51. The van der Waals surface area contributed by atoms with Gasteiger partial charge in [-0.3, -0.25) is 4.79 Å². The van der Waals surface area contributed by atoms with Crippen LogP contribution in [0.2, 0.25) is 5.02 Å². The van der Waals surface area contributed by atoms with Crippen LogP contribution >= 0.6 is 11.6 Å². The molecule has 2 aromatic carbocycles. The predicted molar refractivity (Wildman–Crippen MR) is 121 cm³/mol. The summed E-state index contributed by atoms with van der Waals surface area (Å²) in [6, 6.07) is 11.1. The Labute approximate surface area is 181 Å². The normalized spacial score (nSPS) is 15.2. The van der Waals surface area contributed by atoms with Gasteiger partial charge in [-0.15, -0.1) is 0 Å². The van der Waals surface area contributed by atoms with E-state index in [1.165, 1.54) is 30.3 Å². The van der Waals surface area contributed by atoms with Gasteiger partial charge in [0.05, 0.1) is 5.54 Å². The van der Waals surface area contributed by atoms with Gasteiger partial charge in [-0.2, -0.15) is 5.26 Å². The number of nitrogens with zero attached hydrogens (tertiary/aromatic N) is 2. The monoisotopic (exact) mass is 423 g/mol. The van der Waals surface area contributed by atoms with Crippen LogP contribution in [0.25, 0.3) is 11.6 Å². The lowest BCUT2D eigenvalue weighted by atomic mass is 9.88. The molecule has 1 heterocycles. The van der Waals surface area contributed by atoms with Crippen molar-refractivity contribution in [3.05, 3.63) is 70.0 Å². The van der Waals surface area contributed by atoms with Gasteiger partial charge in [-0.25, -0.2) is 4.39 Å². The summed E-state index contributed by atoms with van der Waals surface area (Å²) in [5.74, 6) is -0.987. The Morgan fingerprint density at radius 2 is 1.97 bits per heavy atom. The van der Waals surface area contributed by atoms with Crippen LogP contribution in [0.15, 0.2) is 48.0 Å². The van der Waals surface area contributed by atoms with E-state index in [-0.39, 0.29) is 11.1 Å². The topological polar surface area (TPSA) is 56.1 Å². The number of amides is 1. The Morgan fingerprint density at radius 3 is 2.57 bits per heavy atom. The molecule has 154 valence electrons. The number of fused-ring (bicyclic) bond motifs is 1. The predicted octanol–water partition coefficient (Wildman–Crippen LogP) is 6.05. The molecule has 1 aliphatic heterocycles. The summed E-state index contributed by atoms with van der Waals surface area (Å²) < 4.78 is 13.1. The lowest BCUT2D eigenvalue weighted by molar-refractivity contribution is -0.112. The van der Waals surface area contributed by atoms with Gasteiger partial charge in [-0.05, 0) is 81.3 Å². The molecule has 6 heteroatoms. The molecule has 1 aliphatic rings. The number of allylic oxidation sites excluding steroid dienone is 1. The van der Waals surface area contributed by atoms with Crippen LogP contribution in [-0.2, 0) is 4.79 Å². The number of halogens is 2. The maximum atomic E-state index is 13.1. The molecular formula is C24H23ClFN3O. The van der Waals surface area contributed by atoms with E-state index < -0.39 is 11.7 Å². The summed E-state index contributed by atoms with van der Waals surface area (Å²) in [4.78, 5) is 14.8. The molecule has 0 bridgehead atoms. The molecular weight excluding hydrogens is 401 g/mol. The fourth-order valence-corrected chi connectivity index (χ4v) is 4.05. The van der Waals surface area contributed by atoms with Crippen LogP contribution in [0.5, 0.6) is 0 Å². The van der Waals surface area contributed by atoms with E-state index >= 15 is 0 Å². The molecule has 0 atom stereocenters. The minimum Gasteiger partial charge on any atom is -0.363 e. The summed E-state index contributed by atoms with van der Waals surface area (Å²) in [5, 5.41) is 12.6. The number of benzene rings is 2. The molecule has 2 aromatic rings. The quantitative estimate of drug-likeness (QED) is 0.481. The zero-order valence-electron chi connectivity index (χ0n) is 17.4. The third-order valence-electron chi connectivity index (χ3n) is 5.18. The Bertz CT molecular complexity index is 1090. The highest BCUT2D eigenvalue weighted by Crippen LogP contribution is 2.41. The first-order valence-corrected chi connectivity index (χ1v) is 10.0. The van der Waals surface area contributed by atoms with Gasteiger partial charge in [0.1, 0.15) is 17.5 Å². The van der Waals surface area contributed by atoms with E-state index in [4.69, 9.17) is 11.6 Å². The van der Waals surface area contributed by atoms with Crippen molar-refractivity contribution in [1.29, 1.82) is 5.26 Å². The Morgan fingerprint density at radius 1 is 1.30 bits per heavy atom. The summed E-state index contributed by atoms with van der Waals surface area (Å²) in [5.41, 5.74) is 3.91. The van der Waals surface area contributed by atoms with E-state index in [1.54, 1.807) is 0 Å². The first-order chi connectivity index (χ1) is 14.2. The Hall–Kier alpha value is -3.10. The zero-order chi connectivity index (χ0) is 22.1. The maximum Gasteiger partial charge on any atom is 0.266 e. The smallest absolute Gasteiger partial charge is 0.266 e. The van der Waals surface area contributed by atoms with E-state index in [0.29, 0.717) is 16.3 Å². The van der Waals surface area contributed by atoms with Crippen molar-refractivity contribution >= 4 is 40.5 Å². The van der Waals surface area contributed by atoms with Crippen molar-refractivity contribution in [2.45, 2.75) is 33.2 Å². The van der Waals surface area contributed by atoms with E-state index in [2.05, 4.69) is 37.1 Å². The summed E-state index contributed by atoms with van der Waals surface area (Å²) >= 11 is 6.53. The average Bonchev–Trinajstić information content (AvgIpc) is 2.68. The zero-order valence-corrected chi connectivity index (χ0v) is 18.1. The van der Waals surface area contributed by atoms with Crippen molar-refractivity contribution in [3.63, 3.8) is 0 Å². The van der Waals surface area contributed by atoms with Crippen molar-refractivity contribution in [1.82, 2.24) is 0 Å². The van der Waals surface area contributed by atoms with Crippen LogP contribution in [0.3, 0.4) is 0 Å². The van der Waals surface area contributed by atoms with Crippen LogP contribution < -0.4 is 10.2 Å². The van der Waals surface area contributed by atoms with E-state index in [1.807, 2.05) is 25.1 Å². The Kier molecular flexibility index (Phi) is 6.00. The van der Waals surface area contributed by atoms with Crippen LogP contribution in [-0.4, -0.2) is 18.0 Å². The number of carbonyl (C=O) groups excluding carboxylic acids is 1. The lowest BCUT2D eigenvalue weighted by Gasteiger charge is -2.43. The van der Waals surface area contributed by atoms with Crippen molar-refractivity contribution < 1.29 is 9.18 Å². The van der Waals surface area contributed by atoms with Gasteiger partial charge in [0.2, 0.25) is 0 Å². The lowest BCUT2D eigenvalue weighted by Crippen LogP contribution is -2.44. The minimum atomic E-state index is -0.582. The molecule has 3 rings (SSSR count). The molecule has 4 nitrogen and oxygen atoms in total. The van der Waals surface area contributed by atoms with Gasteiger partial charge in [0.25, 0.3) is 5.91 Å². The Balaban J connectivity index is 1.98. The van der Waals surface area contributed by atoms with Gasteiger partial charge in [-0.1, -0.05) is 17.7 Å². The molecule has 0 radical (unpaired) electrons. The number of anilines is 2. The largest absolute Gasteiger partial charge is 0.363 e. The number of likely N-dealkylation sites (N-methyl/N-ethyl adjacent to an activating group) is 1. The van der Waals surface area contributed by atoms with Crippen molar-refractivity contribution in [3.8, 4) is 6.07 Å². The second-order valence-corrected chi connectivity index (χ2v) is 8.15. The molecule has 0 fully saturated rings. The summed E-state index contributed by atoms with van der Waals surface area (Å²) in [7, 11) is 0. The number of nitriles is 1. The number of carbonyl (C=O) groups is 1. The standard InChI is InChI=1S/C24H23ClFN3O/c1-5-29-22-12-21(25)16(11-20(22)15(2)13-24(29,3)4)10-17(14-27)23(30)28-19-8-6-18(26)7-9-19/h6-13H,5H2,1-4H3,(H,28,30)/b17-10+. The minimum absolute atomic E-state index is 0.0914. The molecule has 0 unspecified atom stereocenters. The molecule has 1 amide bonds. The SMILES string of the molecule is CCN1c2cc(Cl)c(/C=C(\C#N)C(=O)Nc3ccc(F)cc3)cc2C(C)=CC1(C)C. The number of rotatable bonds is 4. The molecule has 1 N–H and O–H groups in total. The van der Waals surface area contributed by atoms with Gasteiger partial charge in [0, 0.05) is 28.5 Å². The number of hydrogen-bond acceptors (Lipinski definition) is 3. The summed E-state index contributed by atoms with van der Waals surface area (Å²) in [6.45, 7) is 9.26. The first-order valence-electron chi connectivity index (χ1n) is 9.66. The molecule has 0 saturated carbocycles. The summed E-state index contributed by atoms with van der Waals surface area (Å²) in [6.07, 6.45) is 3.68. The van der Waals surface area contributed by atoms with E-state index in [9.17, 15) is 14.4 Å². The van der Waals surface area contributed by atoms with Crippen molar-refractivity contribution in [2.24, 2.45) is 0 Å². The fourth-order valence-electron chi connectivity index (χ4n) is 3.84. The van der Waals surface area contributed by atoms with Gasteiger partial charge < -0.3 is 10.2 Å². The highest BCUT2D eigenvalue weighted by molar-refractivity contribution is 6.32. The first kappa shape index (κ1) is 21.6. The number of nitrogens with one attached hydrogen (secondary N) is 1. The van der Waals surface area contributed by atoms with Crippen LogP contribution in [0.4, 0.5) is 15.8 Å². The molecule has 0 aliphatic carbocycles.